The number of rotatable bonds is 7. The maximum atomic E-state index is 12.6. The van der Waals surface area contributed by atoms with Crippen molar-refractivity contribution in [1.29, 1.82) is 0 Å². The summed E-state index contributed by atoms with van der Waals surface area (Å²) in [7, 11) is -3.41. The lowest BCUT2D eigenvalue weighted by molar-refractivity contribution is 0.122. The number of nitrogens with one attached hydrogen (secondary N) is 1. The third-order valence-electron chi connectivity index (χ3n) is 5.34. The van der Waals surface area contributed by atoms with Crippen LogP contribution in [0.5, 0.6) is 0 Å². The van der Waals surface area contributed by atoms with Gasteiger partial charge in [-0.3, -0.25) is 0 Å². The fraction of sp³-hybridized carbons (Fsp3) is 0.261. The van der Waals surface area contributed by atoms with Gasteiger partial charge in [0, 0.05) is 30.7 Å². The Morgan fingerprint density at radius 1 is 1.09 bits per heavy atom. The van der Waals surface area contributed by atoms with Gasteiger partial charge in [-0.1, -0.05) is 6.07 Å². The lowest BCUT2D eigenvalue weighted by Gasteiger charge is -2.28. The van der Waals surface area contributed by atoms with Crippen LogP contribution < -0.4 is 10.2 Å². The summed E-state index contributed by atoms with van der Waals surface area (Å²) < 4.78 is 31.0. The van der Waals surface area contributed by atoms with Gasteiger partial charge in [-0.15, -0.1) is 22.7 Å². The summed E-state index contributed by atoms with van der Waals surface area (Å²) in [5, 5.41) is 5.56. The van der Waals surface area contributed by atoms with Crippen molar-refractivity contribution in [2.45, 2.75) is 16.9 Å². The first-order chi connectivity index (χ1) is 16.5. The number of thiophene rings is 1. The molecule has 1 aliphatic rings. The van der Waals surface area contributed by atoms with Gasteiger partial charge in [0.05, 0.1) is 29.5 Å². The molecule has 0 amide bonds. The molecule has 0 radical (unpaired) electrons. The molecule has 0 bridgehead atoms. The zero-order valence-corrected chi connectivity index (χ0v) is 20.9. The highest BCUT2D eigenvalue weighted by atomic mass is 32.2. The van der Waals surface area contributed by atoms with Crippen LogP contribution in [-0.4, -0.2) is 49.7 Å². The molecule has 1 fully saturated rings. The summed E-state index contributed by atoms with van der Waals surface area (Å²) in [6.45, 7) is 5.15. The first-order valence-corrected chi connectivity index (χ1v) is 14.1. The first kappa shape index (κ1) is 22.9. The van der Waals surface area contributed by atoms with E-state index in [1.807, 2.05) is 25.1 Å². The highest BCUT2D eigenvalue weighted by Crippen LogP contribution is 2.32. The molecule has 5 rings (SSSR count). The Hall–Kier alpha value is -2.86. The minimum atomic E-state index is -3.41. The molecule has 1 aliphatic heterocycles. The molecule has 8 nitrogen and oxygen atoms in total. The summed E-state index contributed by atoms with van der Waals surface area (Å²) in [5.74, 6) is 0.349. The number of morpholine rings is 1. The third-order valence-corrected chi connectivity index (χ3v) is 9.82. The summed E-state index contributed by atoms with van der Waals surface area (Å²) >= 11 is 2.57. The lowest BCUT2D eigenvalue weighted by atomic mass is 10.2. The summed E-state index contributed by atoms with van der Waals surface area (Å²) in [6.07, 6.45) is 1.69. The Balaban J connectivity index is 1.31. The van der Waals surface area contributed by atoms with E-state index in [-0.39, 0.29) is 5.75 Å². The average Bonchev–Trinajstić information content (AvgIpc) is 3.51. The SMILES string of the molecule is Cc1nc(CS(=O)(=O)c2cccs2)sc1-c1ccnc(Nc2ccc(N3CCOCC3)cc2)n1. The topological polar surface area (TPSA) is 97.3 Å². The van der Waals surface area contributed by atoms with Crippen molar-refractivity contribution in [3.05, 3.63) is 64.7 Å². The molecule has 4 heterocycles. The molecule has 0 atom stereocenters. The van der Waals surface area contributed by atoms with Gasteiger partial charge in [0.25, 0.3) is 0 Å². The van der Waals surface area contributed by atoms with E-state index >= 15 is 0 Å². The maximum absolute atomic E-state index is 12.6. The third kappa shape index (κ3) is 5.12. The molecule has 34 heavy (non-hydrogen) atoms. The minimum Gasteiger partial charge on any atom is -0.378 e. The van der Waals surface area contributed by atoms with Crippen LogP contribution in [-0.2, 0) is 20.3 Å². The van der Waals surface area contributed by atoms with Crippen molar-refractivity contribution in [2.24, 2.45) is 0 Å². The number of benzene rings is 1. The molecule has 176 valence electrons. The van der Waals surface area contributed by atoms with E-state index in [1.165, 1.54) is 22.7 Å². The molecule has 1 saturated heterocycles. The summed E-state index contributed by atoms with van der Waals surface area (Å²) in [6, 6.07) is 13.3. The van der Waals surface area contributed by atoms with E-state index in [0.717, 1.165) is 48.2 Å². The Morgan fingerprint density at radius 3 is 2.62 bits per heavy atom. The Labute approximate surface area is 206 Å². The second-order valence-corrected chi connectivity index (χ2v) is 12.0. The van der Waals surface area contributed by atoms with Crippen LogP contribution in [0.4, 0.5) is 17.3 Å². The highest BCUT2D eigenvalue weighted by molar-refractivity contribution is 7.92. The molecule has 0 saturated carbocycles. The van der Waals surface area contributed by atoms with Gasteiger partial charge >= 0.3 is 0 Å². The van der Waals surface area contributed by atoms with Crippen LogP contribution in [0.25, 0.3) is 10.6 Å². The Kier molecular flexibility index (Phi) is 6.59. The molecular weight excluding hydrogens is 490 g/mol. The predicted octanol–water partition coefficient (Wildman–Crippen LogP) is 4.52. The van der Waals surface area contributed by atoms with Crippen LogP contribution in [0.15, 0.2) is 58.3 Å². The molecule has 0 spiro atoms. The van der Waals surface area contributed by atoms with Gasteiger partial charge in [-0.05, 0) is 48.7 Å². The van der Waals surface area contributed by atoms with Crippen molar-refractivity contribution >= 4 is 49.8 Å². The number of nitrogens with zero attached hydrogens (tertiary/aromatic N) is 4. The van der Waals surface area contributed by atoms with E-state index < -0.39 is 9.84 Å². The molecule has 11 heteroatoms. The molecule has 4 aromatic rings. The molecular formula is C23H23N5O3S3. The van der Waals surface area contributed by atoms with Gasteiger partial charge < -0.3 is 15.0 Å². The highest BCUT2D eigenvalue weighted by Gasteiger charge is 2.21. The van der Waals surface area contributed by atoms with E-state index in [1.54, 1.807) is 23.7 Å². The first-order valence-electron chi connectivity index (χ1n) is 10.7. The fourth-order valence-corrected chi connectivity index (χ4v) is 7.40. The largest absolute Gasteiger partial charge is 0.378 e. The maximum Gasteiger partial charge on any atom is 0.227 e. The number of sulfone groups is 1. The average molecular weight is 514 g/mol. The molecule has 3 aromatic heterocycles. The van der Waals surface area contributed by atoms with E-state index in [0.29, 0.717) is 20.9 Å². The van der Waals surface area contributed by atoms with Crippen LogP contribution in [0.2, 0.25) is 0 Å². The quantitative estimate of drug-likeness (QED) is 0.385. The summed E-state index contributed by atoms with van der Waals surface area (Å²) in [5.41, 5.74) is 3.50. The van der Waals surface area contributed by atoms with Crippen molar-refractivity contribution in [2.75, 3.05) is 36.5 Å². The second kappa shape index (κ2) is 9.79. The molecule has 0 unspecified atom stereocenters. The number of ether oxygens (including phenoxy) is 1. The summed E-state index contributed by atoms with van der Waals surface area (Å²) in [4.78, 5) is 16.6. The number of hydrogen-bond donors (Lipinski definition) is 1. The van der Waals surface area contributed by atoms with Gasteiger partial charge in [0.15, 0.2) is 9.84 Å². The van der Waals surface area contributed by atoms with Crippen molar-refractivity contribution in [1.82, 2.24) is 15.0 Å². The minimum absolute atomic E-state index is 0.120. The van der Waals surface area contributed by atoms with Gasteiger partial charge in [0.1, 0.15) is 15.0 Å². The number of hydrogen-bond acceptors (Lipinski definition) is 10. The monoisotopic (exact) mass is 513 g/mol. The lowest BCUT2D eigenvalue weighted by Crippen LogP contribution is -2.36. The molecule has 1 N–H and O–H groups in total. The van der Waals surface area contributed by atoms with Crippen molar-refractivity contribution in [3.63, 3.8) is 0 Å². The number of thiazole rings is 1. The number of aromatic nitrogens is 3. The zero-order valence-electron chi connectivity index (χ0n) is 18.5. The van der Waals surface area contributed by atoms with Crippen molar-refractivity contribution in [3.8, 4) is 10.6 Å². The van der Waals surface area contributed by atoms with Crippen LogP contribution in [0.3, 0.4) is 0 Å². The van der Waals surface area contributed by atoms with Crippen LogP contribution in [0.1, 0.15) is 10.7 Å². The normalized spacial score (nSPS) is 14.3. The molecule has 1 aromatic carbocycles. The van der Waals surface area contributed by atoms with Crippen LogP contribution >= 0.6 is 22.7 Å². The van der Waals surface area contributed by atoms with Gasteiger partial charge in [-0.25, -0.2) is 23.4 Å². The standard InChI is InChI=1S/C23H23N5O3S3/c1-16-22(33-20(25-16)15-34(29,30)21-3-2-14-32-21)19-8-9-24-23(27-19)26-17-4-6-18(7-5-17)28-10-12-31-13-11-28/h2-9,14H,10-13,15H2,1H3,(H,24,26,27). The Morgan fingerprint density at radius 2 is 1.88 bits per heavy atom. The van der Waals surface area contributed by atoms with Gasteiger partial charge in [-0.2, -0.15) is 0 Å². The molecule has 0 aliphatic carbocycles. The smallest absolute Gasteiger partial charge is 0.227 e. The van der Waals surface area contributed by atoms with E-state index in [2.05, 4.69) is 37.3 Å². The van der Waals surface area contributed by atoms with Crippen molar-refractivity contribution < 1.29 is 13.2 Å². The van der Waals surface area contributed by atoms with Gasteiger partial charge in [0.2, 0.25) is 5.95 Å². The zero-order chi connectivity index (χ0) is 23.5. The van der Waals surface area contributed by atoms with Crippen LogP contribution in [0, 0.1) is 6.92 Å². The number of aryl methyl sites for hydroxylation is 1. The number of anilines is 3. The second-order valence-electron chi connectivity index (χ2n) is 7.75. The fourth-order valence-electron chi connectivity index (χ4n) is 3.68. The predicted molar refractivity (Wildman–Crippen MR) is 136 cm³/mol. The Bertz CT molecular complexity index is 1360. The van der Waals surface area contributed by atoms with E-state index in [9.17, 15) is 8.42 Å². The van der Waals surface area contributed by atoms with E-state index in [4.69, 9.17) is 4.74 Å².